The predicted molar refractivity (Wildman–Crippen MR) is 96.5 cm³/mol. The minimum Gasteiger partial charge on any atom is -0.364 e. The van der Waals surface area contributed by atoms with Crippen molar-refractivity contribution in [1.29, 1.82) is 0 Å². The molecule has 6 nitrogen and oxygen atoms in total. The van der Waals surface area contributed by atoms with Gasteiger partial charge < -0.3 is 21.1 Å². The highest BCUT2D eigenvalue weighted by atomic mass is 35.5. The van der Waals surface area contributed by atoms with Crippen LogP contribution in [0.1, 0.15) is 44.0 Å². The lowest BCUT2D eigenvalue weighted by Crippen LogP contribution is -2.40. The fraction of sp³-hybridized carbons (Fsp3) is 0.529. The Morgan fingerprint density at radius 2 is 2.00 bits per heavy atom. The van der Waals surface area contributed by atoms with Gasteiger partial charge in [0.1, 0.15) is 6.10 Å². The predicted octanol–water partition coefficient (Wildman–Crippen LogP) is 2.08. The summed E-state index contributed by atoms with van der Waals surface area (Å²) in [6.45, 7) is 6.18. The molecule has 1 aromatic carbocycles. The van der Waals surface area contributed by atoms with Gasteiger partial charge in [-0.2, -0.15) is 0 Å². The van der Waals surface area contributed by atoms with Crippen molar-refractivity contribution in [2.24, 2.45) is 5.73 Å². The van der Waals surface area contributed by atoms with E-state index in [0.29, 0.717) is 24.2 Å². The molecule has 4 N–H and O–H groups in total. The lowest BCUT2D eigenvalue weighted by Gasteiger charge is -2.20. The Bertz CT molecular complexity index is 587. The first-order chi connectivity index (χ1) is 10.8. The highest BCUT2D eigenvalue weighted by molar-refractivity contribution is 5.98. The summed E-state index contributed by atoms with van der Waals surface area (Å²) in [7, 11) is 0. The minimum atomic E-state index is -0.476. The van der Waals surface area contributed by atoms with Gasteiger partial charge in [0.2, 0.25) is 0 Å². The van der Waals surface area contributed by atoms with Crippen molar-refractivity contribution in [2.45, 2.75) is 51.4 Å². The Morgan fingerprint density at radius 1 is 1.29 bits per heavy atom. The molecule has 0 unspecified atom stereocenters. The third-order valence-corrected chi connectivity index (χ3v) is 3.54. The minimum absolute atomic E-state index is 0. The molecule has 1 aliphatic heterocycles. The molecule has 0 bridgehead atoms. The Hall–Kier alpha value is -1.63. The molecule has 0 aromatic heterocycles. The van der Waals surface area contributed by atoms with Crippen LogP contribution in [0.4, 0.5) is 5.69 Å². The molecule has 2 rings (SSSR count). The molecule has 0 saturated carbocycles. The van der Waals surface area contributed by atoms with Crippen LogP contribution in [0.2, 0.25) is 0 Å². The van der Waals surface area contributed by atoms with Crippen LogP contribution in [0, 0.1) is 0 Å². The average Bonchev–Trinajstić information content (AvgIpc) is 2.95. The van der Waals surface area contributed by atoms with Gasteiger partial charge in [0.25, 0.3) is 11.8 Å². The van der Waals surface area contributed by atoms with E-state index in [9.17, 15) is 9.59 Å². The van der Waals surface area contributed by atoms with Crippen LogP contribution in [-0.4, -0.2) is 36.1 Å². The Balaban J connectivity index is 0.00000288. The molecule has 134 valence electrons. The molecule has 1 aliphatic rings. The molecule has 1 saturated heterocycles. The number of carbonyl (C=O) groups is 2. The quantitative estimate of drug-likeness (QED) is 0.770. The van der Waals surface area contributed by atoms with Crippen molar-refractivity contribution in [2.75, 3.05) is 11.9 Å². The molecule has 1 fully saturated rings. The SMILES string of the molecule is CC(C)(C)NC(=O)c1cccc(NC(=O)[C@@H]2CC[C@H](CN)O2)c1.Cl. The van der Waals surface area contributed by atoms with Gasteiger partial charge in [0.15, 0.2) is 0 Å². The second-order valence-corrected chi connectivity index (χ2v) is 6.83. The third-order valence-electron chi connectivity index (χ3n) is 3.54. The zero-order valence-corrected chi connectivity index (χ0v) is 15.1. The molecule has 2 amide bonds. The van der Waals surface area contributed by atoms with Crippen molar-refractivity contribution in [3.8, 4) is 0 Å². The number of halogens is 1. The number of anilines is 1. The maximum atomic E-state index is 12.2. The number of ether oxygens (including phenoxy) is 1. The van der Waals surface area contributed by atoms with E-state index in [1.165, 1.54) is 0 Å². The van der Waals surface area contributed by atoms with Crippen molar-refractivity contribution >= 4 is 29.9 Å². The standard InChI is InChI=1S/C17H25N3O3.ClH/c1-17(2,3)20-15(21)11-5-4-6-12(9-11)19-16(22)14-8-7-13(10-18)23-14;/h4-6,9,13-14H,7-8,10,18H2,1-3H3,(H,19,22)(H,20,21);1H/t13-,14+;/m1./s1. The molecular formula is C17H26ClN3O3. The molecule has 0 spiro atoms. The maximum Gasteiger partial charge on any atom is 0.253 e. The molecule has 0 radical (unpaired) electrons. The van der Waals surface area contributed by atoms with E-state index in [0.717, 1.165) is 6.42 Å². The highest BCUT2D eigenvalue weighted by Gasteiger charge is 2.29. The number of benzene rings is 1. The summed E-state index contributed by atoms with van der Waals surface area (Å²) in [5, 5.41) is 5.70. The fourth-order valence-electron chi connectivity index (χ4n) is 2.45. The number of hydrogen-bond acceptors (Lipinski definition) is 4. The number of carbonyl (C=O) groups excluding carboxylic acids is 2. The van der Waals surface area contributed by atoms with E-state index in [1.807, 2.05) is 20.8 Å². The van der Waals surface area contributed by atoms with E-state index < -0.39 is 6.10 Å². The van der Waals surface area contributed by atoms with E-state index in [2.05, 4.69) is 10.6 Å². The van der Waals surface area contributed by atoms with Gasteiger partial charge in [-0.1, -0.05) is 6.07 Å². The topological polar surface area (TPSA) is 93.5 Å². The van der Waals surface area contributed by atoms with Crippen LogP contribution in [-0.2, 0) is 9.53 Å². The van der Waals surface area contributed by atoms with Gasteiger partial charge in [-0.05, 0) is 51.8 Å². The van der Waals surface area contributed by atoms with Crippen LogP contribution in [0.3, 0.4) is 0 Å². The largest absolute Gasteiger partial charge is 0.364 e. The summed E-state index contributed by atoms with van der Waals surface area (Å²) >= 11 is 0. The van der Waals surface area contributed by atoms with Gasteiger partial charge in [-0.3, -0.25) is 9.59 Å². The molecule has 1 aromatic rings. The van der Waals surface area contributed by atoms with Crippen molar-refractivity contribution < 1.29 is 14.3 Å². The van der Waals surface area contributed by atoms with E-state index in [1.54, 1.807) is 24.3 Å². The van der Waals surface area contributed by atoms with Gasteiger partial charge in [0.05, 0.1) is 6.10 Å². The van der Waals surface area contributed by atoms with Crippen LogP contribution in [0.25, 0.3) is 0 Å². The van der Waals surface area contributed by atoms with E-state index in [4.69, 9.17) is 10.5 Å². The molecule has 24 heavy (non-hydrogen) atoms. The van der Waals surface area contributed by atoms with E-state index in [-0.39, 0.29) is 35.9 Å². The first kappa shape index (κ1) is 20.4. The van der Waals surface area contributed by atoms with Gasteiger partial charge >= 0.3 is 0 Å². The maximum absolute atomic E-state index is 12.2. The zero-order valence-electron chi connectivity index (χ0n) is 14.3. The summed E-state index contributed by atoms with van der Waals surface area (Å²) < 4.78 is 5.57. The number of nitrogens with two attached hydrogens (primary N) is 1. The van der Waals surface area contributed by atoms with Gasteiger partial charge in [-0.15, -0.1) is 12.4 Å². The number of hydrogen-bond donors (Lipinski definition) is 3. The lowest BCUT2D eigenvalue weighted by molar-refractivity contribution is -0.126. The Kier molecular flexibility index (Phi) is 7.20. The summed E-state index contributed by atoms with van der Waals surface area (Å²) in [6.07, 6.45) is 0.936. The lowest BCUT2D eigenvalue weighted by atomic mass is 10.1. The second-order valence-electron chi connectivity index (χ2n) is 6.83. The van der Waals surface area contributed by atoms with Crippen LogP contribution >= 0.6 is 12.4 Å². The summed E-state index contributed by atoms with van der Waals surface area (Å²) in [5.74, 6) is -0.372. The van der Waals surface area contributed by atoms with Crippen LogP contribution < -0.4 is 16.4 Å². The summed E-state index contributed by atoms with van der Waals surface area (Å²) in [6, 6.07) is 6.87. The van der Waals surface area contributed by atoms with Gasteiger partial charge in [0, 0.05) is 23.3 Å². The zero-order chi connectivity index (χ0) is 17.0. The first-order valence-electron chi connectivity index (χ1n) is 7.87. The molecular weight excluding hydrogens is 330 g/mol. The Morgan fingerprint density at radius 3 is 2.58 bits per heavy atom. The van der Waals surface area contributed by atoms with Crippen molar-refractivity contribution in [3.05, 3.63) is 29.8 Å². The number of rotatable bonds is 4. The average molecular weight is 356 g/mol. The second kappa shape index (κ2) is 8.46. The first-order valence-corrected chi connectivity index (χ1v) is 7.87. The number of nitrogens with one attached hydrogen (secondary N) is 2. The smallest absolute Gasteiger partial charge is 0.253 e. The van der Waals surface area contributed by atoms with Gasteiger partial charge in [-0.25, -0.2) is 0 Å². The number of amides is 2. The monoisotopic (exact) mass is 355 g/mol. The fourth-order valence-corrected chi connectivity index (χ4v) is 2.45. The molecule has 7 heteroatoms. The Labute approximate surface area is 148 Å². The van der Waals surface area contributed by atoms with Crippen molar-refractivity contribution in [1.82, 2.24) is 5.32 Å². The normalized spacial score (nSPS) is 20.2. The molecule has 1 heterocycles. The van der Waals surface area contributed by atoms with E-state index >= 15 is 0 Å². The highest BCUT2D eigenvalue weighted by Crippen LogP contribution is 2.21. The molecule has 0 aliphatic carbocycles. The molecule has 2 atom stereocenters. The van der Waals surface area contributed by atoms with Crippen LogP contribution in [0.5, 0.6) is 0 Å². The summed E-state index contributed by atoms with van der Waals surface area (Å²) in [4.78, 5) is 24.4. The third kappa shape index (κ3) is 5.78. The summed E-state index contributed by atoms with van der Waals surface area (Å²) in [5.41, 5.74) is 6.32. The van der Waals surface area contributed by atoms with Crippen LogP contribution in [0.15, 0.2) is 24.3 Å². The van der Waals surface area contributed by atoms with Crippen molar-refractivity contribution in [3.63, 3.8) is 0 Å².